The lowest BCUT2D eigenvalue weighted by Crippen LogP contribution is -2.13. The van der Waals surface area contributed by atoms with Crippen molar-refractivity contribution in [3.8, 4) is 17.5 Å². The van der Waals surface area contributed by atoms with E-state index in [2.05, 4.69) is 9.88 Å². The maximum Gasteiger partial charge on any atom is 0.266 e. The Balaban J connectivity index is 1.50. The first-order valence-corrected chi connectivity index (χ1v) is 11.9. The lowest BCUT2D eigenvalue weighted by molar-refractivity contribution is -0.112. The topological polar surface area (TPSA) is 67.0 Å². The molecule has 0 bridgehead atoms. The van der Waals surface area contributed by atoms with Gasteiger partial charge in [0, 0.05) is 32.8 Å². The number of nitrogens with one attached hydrogen (secondary N) is 1. The third kappa shape index (κ3) is 5.98. The summed E-state index contributed by atoms with van der Waals surface area (Å²) in [6.45, 7) is 4.38. The van der Waals surface area contributed by atoms with E-state index in [-0.39, 0.29) is 5.57 Å². The van der Waals surface area contributed by atoms with E-state index < -0.39 is 5.91 Å². The Labute approximate surface area is 220 Å². The molecule has 4 aromatic rings. The molecule has 0 aliphatic heterocycles. The largest absolute Gasteiger partial charge is 0.489 e. The number of carbonyl (C=O) groups is 1. The first kappa shape index (κ1) is 25.1. The molecule has 0 radical (unpaired) electrons. The molecule has 0 saturated heterocycles. The second kappa shape index (κ2) is 11.2. The minimum atomic E-state index is -0.480. The fourth-order valence-corrected chi connectivity index (χ4v) is 4.06. The number of nitriles is 1. The van der Waals surface area contributed by atoms with Crippen molar-refractivity contribution in [3.63, 3.8) is 0 Å². The molecule has 0 unspecified atom stereocenters. The summed E-state index contributed by atoms with van der Waals surface area (Å²) in [5.74, 6) is 0.272. The molecule has 1 aromatic heterocycles. The van der Waals surface area contributed by atoms with Crippen molar-refractivity contribution in [1.82, 2.24) is 4.57 Å². The molecule has 0 atom stereocenters. The van der Waals surface area contributed by atoms with E-state index in [1.54, 1.807) is 30.3 Å². The van der Waals surface area contributed by atoms with Crippen LogP contribution in [0.4, 0.5) is 5.69 Å². The molecule has 5 nitrogen and oxygen atoms in total. The molecule has 180 valence electrons. The Morgan fingerprint density at radius 2 is 1.58 bits per heavy atom. The van der Waals surface area contributed by atoms with Crippen molar-refractivity contribution >= 4 is 40.9 Å². The molecular formula is C29H23Cl2N3O2. The number of halogens is 2. The van der Waals surface area contributed by atoms with E-state index in [9.17, 15) is 10.1 Å². The third-order valence-corrected chi connectivity index (χ3v) is 6.15. The maximum atomic E-state index is 12.7. The van der Waals surface area contributed by atoms with Crippen molar-refractivity contribution in [2.24, 2.45) is 0 Å². The molecule has 0 saturated carbocycles. The first-order chi connectivity index (χ1) is 17.3. The number of hydrogen-bond donors (Lipinski definition) is 1. The SMILES string of the molecule is Cc1cc(C=C(C#N)C(=O)Nc2ccc(Cl)cc2)c(C)n1-c1ccc(OCc2ccc(Cl)cc2)cc1. The zero-order valence-electron chi connectivity index (χ0n) is 19.8. The van der Waals surface area contributed by atoms with Crippen LogP contribution >= 0.6 is 23.2 Å². The number of rotatable bonds is 7. The van der Waals surface area contributed by atoms with Gasteiger partial charge in [0.25, 0.3) is 5.91 Å². The third-order valence-electron chi connectivity index (χ3n) is 5.65. The minimum absolute atomic E-state index is 0.0103. The van der Waals surface area contributed by atoms with Crippen molar-refractivity contribution in [1.29, 1.82) is 5.26 Å². The van der Waals surface area contributed by atoms with Crippen LogP contribution in [0.1, 0.15) is 22.5 Å². The number of aryl methyl sites for hydroxylation is 1. The summed E-state index contributed by atoms with van der Waals surface area (Å²) in [6, 6.07) is 26.0. The molecule has 3 aromatic carbocycles. The summed E-state index contributed by atoms with van der Waals surface area (Å²) >= 11 is 11.8. The van der Waals surface area contributed by atoms with Crippen LogP contribution in [0.15, 0.2) is 84.4 Å². The second-order valence-corrected chi connectivity index (χ2v) is 9.07. The van der Waals surface area contributed by atoms with Gasteiger partial charge in [-0.15, -0.1) is 0 Å². The van der Waals surface area contributed by atoms with Gasteiger partial charge in [0.15, 0.2) is 0 Å². The second-order valence-electron chi connectivity index (χ2n) is 8.20. The Bertz CT molecular complexity index is 1450. The van der Waals surface area contributed by atoms with Gasteiger partial charge in [-0.3, -0.25) is 4.79 Å². The number of anilines is 1. The Hall–Kier alpha value is -3.98. The van der Waals surface area contributed by atoms with Crippen LogP contribution in [-0.4, -0.2) is 10.5 Å². The summed E-state index contributed by atoms with van der Waals surface area (Å²) < 4.78 is 7.96. The monoisotopic (exact) mass is 515 g/mol. The van der Waals surface area contributed by atoms with Crippen LogP contribution < -0.4 is 10.1 Å². The van der Waals surface area contributed by atoms with Gasteiger partial charge < -0.3 is 14.6 Å². The molecule has 7 heteroatoms. The van der Waals surface area contributed by atoms with E-state index in [0.717, 1.165) is 34.0 Å². The quantitative estimate of drug-likeness (QED) is 0.204. The van der Waals surface area contributed by atoms with E-state index >= 15 is 0 Å². The number of ether oxygens (including phenoxy) is 1. The molecule has 0 aliphatic rings. The number of hydrogen-bond acceptors (Lipinski definition) is 3. The Morgan fingerprint density at radius 1 is 0.972 bits per heavy atom. The lowest BCUT2D eigenvalue weighted by atomic mass is 10.1. The molecule has 36 heavy (non-hydrogen) atoms. The van der Waals surface area contributed by atoms with Crippen LogP contribution in [-0.2, 0) is 11.4 Å². The summed E-state index contributed by atoms with van der Waals surface area (Å²) in [6.07, 6.45) is 1.60. The molecule has 0 fully saturated rings. The smallest absolute Gasteiger partial charge is 0.266 e. The number of aromatic nitrogens is 1. The molecule has 1 heterocycles. The summed E-state index contributed by atoms with van der Waals surface area (Å²) in [5, 5.41) is 13.6. The highest BCUT2D eigenvalue weighted by Crippen LogP contribution is 2.25. The molecule has 1 amide bonds. The van der Waals surface area contributed by atoms with Crippen molar-refractivity contribution in [2.75, 3.05) is 5.32 Å². The Kier molecular flexibility index (Phi) is 7.80. The first-order valence-electron chi connectivity index (χ1n) is 11.2. The van der Waals surface area contributed by atoms with E-state index in [0.29, 0.717) is 22.3 Å². The number of benzene rings is 3. The van der Waals surface area contributed by atoms with E-state index in [4.69, 9.17) is 27.9 Å². The average molecular weight is 516 g/mol. The van der Waals surface area contributed by atoms with Crippen molar-refractivity contribution in [3.05, 3.63) is 117 Å². The normalized spacial score (nSPS) is 11.1. The van der Waals surface area contributed by atoms with Gasteiger partial charge in [-0.25, -0.2) is 0 Å². The fraction of sp³-hybridized carbons (Fsp3) is 0.103. The van der Waals surface area contributed by atoms with Crippen LogP contribution in [0, 0.1) is 25.2 Å². The van der Waals surface area contributed by atoms with Gasteiger partial charge in [-0.2, -0.15) is 5.26 Å². The van der Waals surface area contributed by atoms with Gasteiger partial charge in [-0.1, -0.05) is 35.3 Å². The van der Waals surface area contributed by atoms with Crippen LogP contribution in [0.3, 0.4) is 0 Å². The lowest BCUT2D eigenvalue weighted by Gasteiger charge is -2.12. The molecular weight excluding hydrogens is 493 g/mol. The number of nitrogens with zero attached hydrogens (tertiary/aromatic N) is 2. The van der Waals surface area contributed by atoms with Gasteiger partial charge in [-0.05, 0) is 97.8 Å². The maximum absolute atomic E-state index is 12.7. The van der Waals surface area contributed by atoms with E-state index in [1.807, 2.05) is 74.5 Å². The highest BCUT2D eigenvalue weighted by Gasteiger charge is 2.14. The summed E-state index contributed by atoms with van der Waals surface area (Å²) in [5.41, 5.74) is 5.24. The summed E-state index contributed by atoms with van der Waals surface area (Å²) in [4.78, 5) is 12.7. The predicted octanol–water partition coefficient (Wildman–Crippen LogP) is 7.53. The average Bonchev–Trinajstić information content (AvgIpc) is 3.16. The van der Waals surface area contributed by atoms with Gasteiger partial charge >= 0.3 is 0 Å². The van der Waals surface area contributed by atoms with Crippen LogP contribution in [0.2, 0.25) is 10.0 Å². The molecule has 0 spiro atoms. The highest BCUT2D eigenvalue weighted by molar-refractivity contribution is 6.30. The van der Waals surface area contributed by atoms with Crippen LogP contribution in [0.5, 0.6) is 5.75 Å². The highest BCUT2D eigenvalue weighted by atomic mass is 35.5. The van der Waals surface area contributed by atoms with Gasteiger partial charge in [0.05, 0.1) is 0 Å². The zero-order valence-corrected chi connectivity index (χ0v) is 21.3. The minimum Gasteiger partial charge on any atom is -0.489 e. The summed E-state index contributed by atoms with van der Waals surface area (Å²) in [7, 11) is 0. The Morgan fingerprint density at radius 3 is 2.19 bits per heavy atom. The van der Waals surface area contributed by atoms with Crippen molar-refractivity contribution in [2.45, 2.75) is 20.5 Å². The molecule has 4 rings (SSSR count). The number of amides is 1. The zero-order chi connectivity index (χ0) is 25.7. The molecule has 1 N–H and O–H groups in total. The van der Waals surface area contributed by atoms with Gasteiger partial charge in [0.1, 0.15) is 24.0 Å². The van der Waals surface area contributed by atoms with E-state index in [1.165, 1.54) is 0 Å². The van der Waals surface area contributed by atoms with Crippen LogP contribution in [0.25, 0.3) is 11.8 Å². The molecule has 0 aliphatic carbocycles. The van der Waals surface area contributed by atoms with Gasteiger partial charge in [0.2, 0.25) is 0 Å². The standard InChI is InChI=1S/C29H23Cl2N3O2/c1-19-15-22(16-23(17-32)29(35)33-26-9-7-25(31)8-10-26)20(2)34(19)27-11-13-28(14-12-27)36-18-21-3-5-24(30)6-4-21/h3-16H,18H2,1-2H3,(H,33,35). The van der Waals surface area contributed by atoms with Crippen molar-refractivity contribution < 1.29 is 9.53 Å². The predicted molar refractivity (Wildman–Crippen MR) is 145 cm³/mol. The fourth-order valence-electron chi connectivity index (χ4n) is 3.81. The number of carbonyl (C=O) groups excluding carboxylic acids is 1.